The Labute approximate surface area is 67.0 Å². The number of rotatable bonds is 2. The molecule has 1 rings (SSSR count). The van der Waals surface area contributed by atoms with Gasteiger partial charge in [0.1, 0.15) is 6.54 Å². The number of quaternary nitrogens is 1. The second-order valence-electron chi connectivity index (χ2n) is 3.50. The summed E-state index contributed by atoms with van der Waals surface area (Å²) in [6, 6.07) is 0. The van der Waals surface area contributed by atoms with Crippen molar-refractivity contribution in [2.24, 2.45) is 5.92 Å². The average Bonchev–Trinajstić information content (AvgIpc) is 1.85. The van der Waals surface area contributed by atoms with Crippen molar-refractivity contribution in [2.45, 2.75) is 19.8 Å². The van der Waals surface area contributed by atoms with Gasteiger partial charge >= 0.3 is 0 Å². The maximum absolute atomic E-state index is 10.2. The molecule has 1 saturated heterocycles. The van der Waals surface area contributed by atoms with Crippen molar-refractivity contribution >= 4 is 5.97 Å². The normalized spacial score (nSPS) is 31.7. The van der Waals surface area contributed by atoms with Crippen molar-refractivity contribution in [3.05, 3.63) is 0 Å². The molecule has 1 heterocycles. The van der Waals surface area contributed by atoms with E-state index in [1.54, 1.807) is 0 Å². The van der Waals surface area contributed by atoms with E-state index in [0.29, 0.717) is 5.92 Å². The molecule has 0 aromatic carbocycles. The number of carbonyl (C=O) groups excluding carboxylic acids is 1. The van der Waals surface area contributed by atoms with Gasteiger partial charge in [-0.15, -0.1) is 0 Å². The third-order valence-electron chi connectivity index (χ3n) is 2.26. The number of carbonyl (C=O) groups is 1. The van der Waals surface area contributed by atoms with E-state index in [9.17, 15) is 9.90 Å². The molecule has 0 aromatic heterocycles. The monoisotopic (exact) mass is 157 g/mol. The number of nitrogens with one attached hydrogen (secondary N) is 1. The molecule has 0 radical (unpaired) electrons. The lowest BCUT2D eigenvalue weighted by molar-refractivity contribution is -0.902. The summed E-state index contributed by atoms with van der Waals surface area (Å²) in [5.74, 6) is -0.243. The van der Waals surface area contributed by atoms with Crippen LogP contribution in [0.25, 0.3) is 0 Å². The number of likely N-dealkylation sites (tertiary alicyclic amines) is 1. The SMILES string of the molecule is C[C@@H]1CCC[NH+](CC(=O)[O-])C1. The van der Waals surface area contributed by atoms with Crippen LogP contribution in [0, 0.1) is 5.92 Å². The fourth-order valence-corrected chi connectivity index (χ4v) is 1.76. The Balaban J connectivity index is 2.28. The number of hydrogen-bond donors (Lipinski definition) is 1. The van der Waals surface area contributed by atoms with Crippen molar-refractivity contribution in [1.29, 1.82) is 0 Å². The maximum Gasteiger partial charge on any atom is 0.117 e. The summed E-state index contributed by atoms with van der Waals surface area (Å²) in [7, 11) is 0. The summed E-state index contributed by atoms with van der Waals surface area (Å²) in [6.07, 6.45) is 2.40. The first-order chi connectivity index (χ1) is 5.18. The largest absolute Gasteiger partial charge is 0.544 e. The molecular weight excluding hydrogens is 142 g/mol. The molecule has 2 atom stereocenters. The van der Waals surface area contributed by atoms with Gasteiger partial charge in [0, 0.05) is 5.92 Å². The van der Waals surface area contributed by atoms with Gasteiger partial charge in [0.05, 0.1) is 19.1 Å². The maximum atomic E-state index is 10.2. The fraction of sp³-hybridized carbons (Fsp3) is 0.875. The zero-order valence-electron chi connectivity index (χ0n) is 6.93. The smallest absolute Gasteiger partial charge is 0.117 e. The predicted octanol–water partition coefficient (Wildman–Crippen LogP) is -1.95. The number of carboxylic acid groups (broad SMARTS) is 1. The summed E-state index contributed by atoms with van der Waals surface area (Å²) < 4.78 is 0. The van der Waals surface area contributed by atoms with Crippen molar-refractivity contribution in [2.75, 3.05) is 19.6 Å². The zero-order chi connectivity index (χ0) is 8.27. The molecule has 3 heteroatoms. The summed E-state index contributed by atoms with van der Waals surface area (Å²) >= 11 is 0. The number of piperidine rings is 1. The van der Waals surface area contributed by atoms with Gasteiger partial charge in [-0.05, 0) is 12.8 Å². The third kappa shape index (κ3) is 2.89. The molecule has 0 spiro atoms. The van der Waals surface area contributed by atoms with Crippen LogP contribution >= 0.6 is 0 Å². The first-order valence-electron chi connectivity index (χ1n) is 4.22. The lowest BCUT2D eigenvalue weighted by Gasteiger charge is -2.27. The minimum atomic E-state index is -0.922. The lowest BCUT2D eigenvalue weighted by atomic mass is 10.0. The van der Waals surface area contributed by atoms with Crippen LogP contribution in [0.4, 0.5) is 0 Å². The van der Waals surface area contributed by atoms with Crippen LogP contribution in [0.2, 0.25) is 0 Å². The Kier molecular flexibility index (Phi) is 2.88. The minimum Gasteiger partial charge on any atom is -0.544 e. The van der Waals surface area contributed by atoms with Crippen molar-refractivity contribution < 1.29 is 14.8 Å². The predicted molar refractivity (Wildman–Crippen MR) is 39.0 cm³/mol. The third-order valence-corrected chi connectivity index (χ3v) is 2.26. The Morgan fingerprint density at radius 1 is 1.73 bits per heavy atom. The molecule has 1 aliphatic rings. The molecule has 0 amide bonds. The van der Waals surface area contributed by atoms with Crippen LogP contribution in [0.1, 0.15) is 19.8 Å². The minimum absolute atomic E-state index is 0.185. The van der Waals surface area contributed by atoms with Crippen LogP contribution < -0.4 is 10.0 Å². The van der Waals surface area contributed by atoms with Gasteiger partial charge in [0.25, 0.3) is 0 Å². The molecule has 64 valence electrons. The molecule has 1 fully saturated rings. The number of aliphatic carboxylic acids is 1. The number of carboxylic acids is 1. The van der Waals surface area contributed by atoms with E-state index in [1.807, 2.05) is 0 Å². The molecule has 0 aliphatic carbocycles. The average molecular weight is 157 g/mol. The first-order valence-corrected chi connectivity index (χ1v) is 4.22. The zero-order valence-corrected chi connectivity index (χ0v) is 6.93. The molecular formula is C8H15NO2. The van der Waals surface area contributed by atoms with E-state index in [0.717, 1.165) is 19.5 Å². The van der Waals surface area contributed by atoms with Gasteiger partial charge in [-0.1, -0.05) is 6.92 Å². The second kappa shape index (κ2) is 3.72. The number of hydrogen-bond acceptors (Lipinski definition) is 2. The molecule has 1 unspecified atom stereocenters. The van der Waals surface area contributed by atoms with E-state index in [1.165, 1.54) is 11.3 Å². The van der Waals surface area contributed by atoms with Crippen LogP contribution in [0.3, 0.4) is 0 Å². The highest BCUT2D eigenvalue weighted by molar-refractivity contribution is 5.65. The Morgan fingerprint density at radius 3 is 3.00 bits per heavy atom. The van der Waals surface area contributed by atoms with E-state index in [2.05, 4.69) is 6.92 Å². The van der Waals surface area contributed by atoms with E-state index < -0.39 is 5.97 Å². The van der Waals surface area contributed by atoms with Crippen LogP contribution in [-0.4, -0.2) is 25.6 Å². The fourth-order valence-electron chi connectivity index (χ4n) is 1.76. The van der Waals surface area contributed by atoms with Crippen molar-refractivity contribution in [3.8, 4) is 0 Å². The molecule has 0 bridgehead atoms. The second-order valence-corrected chi connectivity index (χ2v) is 3.50. The summed E-state index contributed by atoms with van der Waals surface area (Å²) in [5.41, 5.74) is 0. The Hall–Kier alpha value is -0.570. The highest BCUT2D eigenvalue weighted by atomic mass is 16.4. The van der Waals surface area contributed by atoms with E-state index >= 15 is 0 Å². The van der Waals surface area contributed by atoms with Crippen molar-refractivity contribution in [1.82, 2.24) is 0 Å². The molecule has 0 saturated carbocycles. The van der Waals surface area contributed by atoms with Crippen LogP contribution in [0.5, 0.6) is 0 Å². The van der Waals surface area contributed by atoms with E-state index in [4.69, 9.17) is 0 Å². The lowest BCUT2D eigenvalue weighted by Crippen LogP contribution is -3.14. The van der Waals surface area contributed by atoms with Gasteiger partial charge < -0.3 is 14.8 Å². The standard InChI is InChI=1S/C8H15NO2/c1-7-3-2-4-9(5-7)6-8(10)11/h7H,2-6H2,1H3,(H,10,11)/t7-/m1/s1. The molecule has 3 nitrogen and oxygen atoms in total. The molecule has 0 aromatic rings. The molecule has 1 N–H and O–H groups in total. The van der Waals surface area contributed by atoms with Crippen LogP contribution in [-0.2, 0) is 4.79 Å². The van der Waals surface area contributed by atoms with Gasteiger partial charge in [-0.25, -0.2) is 0 Å². The van der Waals surface area contributed by atoms with Gasteiger partial charge in [-0.3, -0.25) is 0 Å². The summed E-state index contributed by atoms with van der Waals surface area (Å²) in [6.45, 7) is 4.35. The van der Waals surface area contributed by atoms with Crippen LogP contribution in [0.15, 0.2) is 0 Å². The summed E-state index contributed by atoms with van der Waals surface area (Å²) in [4.78, 5) is 11.4. The summed E-state index contributed by atoms with van der Waals surface area (Å²) in [5, 5.41) is 10.2. The quantitative estimate of drug-likeness (QED) is 0.506. The van der Waals surface area contributed by atoms with E-state index in [-0.39, 0.29) is 6.54 Å². The highest BCUT2D eigenvalue weighted by Crippen LogP contribution is 2.04. The highest BCUT2D eigenvalue weighted by Gasteiger charge is 2.18. The van der Waals surface area contributed by atoms with Gasteiger partial charge in [-0.2, -0.15) is 0 Å². The topological polar surface area (TPSA) is 44.6 Å². The molecule has 11 heavy (non-hydrogen) atoms. The van der Waals surface area contributed by atoms with Gasteiger partial charge in [0.2, 0.25) is 0 Å². The molecule has 1 aliphatic heterocycles. The Bertz CT molecular complexity index is 147. The first kappa shape index (κ1) is 8.53. The van der Waals surface area contributed by atoms with Crippen molar-refractivity contribution in [3.63, 3.8) is 0 Å². The Morgan fingerprint density at radius 2 is 2.45 bits per heavy atom. The van der Waals surface area contributed by atoms with Gasteiger partial charge in [0.15, 0.2) is 0 Å².